The van der Waals surface area contributed by atoms with Crippen LogP contribution in [-0.4, -0.2) is 4.57 Å². The molecule has 11 rings (SSSR count). The van der Waals surface area contributed by atoms with Crippen LogP contribution in [0.25, 0.3) is 82.1 Å². The number of benzene rings is 10. The van der Waals surface area contributed by atoms with E-state index in [0.29, 0.717) is 0 Å². The van der Waals surface area contributed by atoms with Crippen LogP contribution in [0.1, 0.15) is 0 Å². The lowest BCUT2D eigenvalue weighted by Gasteiger charge is -2.26. The highest BCUT2D eigenvalue weighted by molar-refractivity contribution is 6.18. The maximum atomic E-state index is 2.45. The van der Waals surface area contributed by atoms with Crippen molar-refractivity contribution < 1.29 is 0 Å². The zero-order valence-corrected chi connectivity index (χ0v) is 30.7. The van der Waals surface area contributed by atoms with E-state index < -0.39 is 0 Å². The van der Waals surface area contributed by atoms with Crippen molar-refractivity contribution in [2.24, 2.45) is 0 Å². The van der Waals surface area contributed by atoms with Gasteiger partial charge in [-0.15, -0.1) is 0 Å². The van der Waals surface area contributed by atoms with Crippen LogP contribution < -0.4 is 4.90 Å². The molecule has 2 heteroatoms. The third kappa shape index (κ3) is 5.42. The van der Waals surface area contributed by atoms with E-state index in [9.17, 15) is 0 Å². The number of nitrogens with zero attached hydrogens (tertiary/aromatic N) is 2. The summed E-state index contributed by atoms with van der Waals surface area (Å²) in [4.78, 5) is 2.35. The van der Waals surface area contributed by atoms with Crippen molar-refractivity contribution in [1.82, 2.24) is 4.57 Å². The lowest BCUT2D eigenvalue weighted by Crippen LogP contribution is -2.09. The van der Waals surface area contributed by atoms with Gasteiger partial charge in [0, 0.05) is 38.9 Å². The molecule has 56 heavy (non-hydrogen) atoms. The third-order valence-corrected chi connectivity index (χ3v) is 11.3. The Morgan fingerprint density at radius 3 is 1.61 bits per heavy atom. The maximum absolute atomic E-state index is 2.45. The van der Waals surface area contributed by atoms with E-state index in [0.717, 1.165) is 22.7 Å². The van der Waals surface area contributed by atoms with Crippen LogP contribution in [-0.2, 0) is 0 Å². The van der Waals surface area contributed by atoms with Crippen LogP contribution in [0.15, 0.2) is 218 Å². The number of para-hydroxylation sites is 1. The van der Waals surface area contributed by atoms with E-state index in [4.69, 9.17) is 0 Å². The van der Waals surface area contributed by atoms with Crippen molar-refractivity contribution in [3.8, 4) is 27.9 Å². The summed E-state index contributed by atoms with van der Waals surface area (Å²) < 4.78 is 2.45. The van der Waals surface area contributed by atoms with Crippen molar-refractivity contribution in [3.05, 3.63) is 218 Å². The van der Waals surface area contributed by atoms with Gasteiger partial charge in [-0.1, -0.05) is 158 Å². The molecule has 1 heterocycles. The number of rotatable bonds is 6. The average molecular weight is 713 g/mol. The average Bonchev–Trinajstić information content (AvgIpc) is 3.62. The summed E-state index contributed by atoms with van der Waals surface area (Å²) in [5, 5.41) is 9.95. The highest BCUT2D eigenvalue weighted by atomic mass is 15.1. The zero-order valence-electron chi connectivity index (χ0n) is 30.7. The summed E-state index contributed by atoms with van der Waals surface area (Å²) in [5.41, 5.74) is 11.8. The molecule has 0 aliphatic rings. The number of hydrogen-bond acceptors (Lipinski definition) is 1. The van der Waals surface area contributed by atoms with Gasteiger partial charge < -0.3 is 9.47 Å². The highest BCUT2D eigenvalue weighted by Crippen LogP contribution is 2.40. The summed E-state index contributed by atoms with van der Waals surface area (Å²) in [6.07, 6.45) is 0. The maximum Gasteiger partial charge on any atom is 0.0619 e. The Morgan fingerprint density at radius 1 is 0.286 bits per heavy atom. The van der Waals surface area contributed by atoms with E-state index >= 15 is 0 Å². The molecule has 0 saturated heterocycles. The van der Waals surface area contributed by atoms with Crippen molar-refractivity contribution in [3.63, 3.8) is 0 Å². The highest BCUT2D eigenvalue weighted by Gasteiger charge is 2.17. The Labute approximate surface area is 325 Å². The first-order valence-corrected chi connectivity index (χ1v) is 19.3. The smallest absolute Gasteiger partial charge is 0.0619 e. The van der Waals surface area contributed by atoms with Gasteiger partial charge >= 0.3 is 0 Å². The van der Waals surface area contributed by atoms with Gasteiger partial charge in [0.05, 0.1) is 11.0 Å². The monoisotopic (exact) mass is 712 g/mol. The lowest BCUT2D eigenvalue weighted by atomic mass is 10.00. The normalized spacial score (nSPS) is 11.6. The third-order valence-electron chi connectivity index (χ3n) is 11.3. The van der Waals surface area contributed by atoms with E-state index in [1.54, 1.807) is 0 Å². The van der Waals surface area contributed by atoms with Crippen LogP contribution in [0.3, 0.4) is 0 Å². The molecule has 262 valence electrons. The minimum absolute atomic E-state index is 1.11. The second kappa shape index (κ2) is 13.2. The fourth-order valence-corrected chi connectivity index (χ4v) is 8.55. The molecule has 0 spiro atoms. The zero-order chi connectivity index (χ0) is 37.0. The predicted molar refractivity (Wildman–Crippen MR) is 239 cm³/mol. The summed E-state index contributed by atoms with van der Waals surface area (Å²) in [6, 6.07) is 79.5. The summed E-state index contributed by atoms with van der Waals surface area (Å²) >= 11 is 0. The molecule has 2 nitrogen and oxygen atoms in total. The van der Waals surface area contributed by atoms with Gasteiger partial charge in [0.15, 0.2) is 0 Å². The summed E-state index contributed by atoms with van der Waals surface area (Å²) in [5.74, 6) is 0. The van der Waals surface area contributed by atoms with Crippen LogP contribution in [0.4, 0.5) is 17.1 Å². The van der Waals surface area contributed by atoms with Gasteiger partial charge in [-0.3, -0.25) is 0 Å². The first-order valence-electron chi connectivity index (χ1n) is 19.3. The quantitative estimate of drug-likeness (QED) is 0.167. The molecular weight excluding hydrogens is 677 g/mol. The molecule has 0 fully saturated rings. The standard InChI is InChI=1S/C54H36N2/c1-2-10-37(11-3-1)39-20-27-46(28-21-39)55(48-31-24-38-12-4-5-14-43(38)35-48)47-29-22-40(23-30-47)44-19-18-41-25-32-49(36-45(41)34-44)56-53-17-9-8-16-51(53)52-33-26-42-13-6-7-15-50(42)54(52)56/h1-36H. The molecule has 10 aromatic carbocycles. The number of fused-ring (bicyclic) bond motifs is 7. The van der Waals surface area contributed by atoms with Gasteiger partial charge in [-0.05, 0) is 110 Å². The Kier molecular flexibility index (Phi) is 7.53. The minimum Gasteiger partial charge on any atom is -0.310 e. The molecule has 0 unspecified atom stereocenters. The Hall–Kier alpha value is -7.42. The molecule has 11 aromatic rings. The Balaban J connectivity index is 0.992. The SMILES string of the molecule is c1ccc(-c2ccc(N(c3ccc(-c4ccc5ccc(-n6c7ccccc7c7ccc8ccccc8c76)cc5c4)cc3)c3ccc4ccccc4c3)cc2)cc1. The lowest BCUT2D eigenvalue weighted by molar-refractivity contribution is 1.19. The molecule has 0 aliphatic carbocycles. The summed E-state index contributed by atoms with van der Waals surface area (Å²) in [6.45, 7) is 0. The molecule has 0 radical (unpaired) electrons. The Bertz CT molecular complexity index is 3230. The molecule has 0 N–H and O–H groups in total. The Morgan fingerprint density at radius 2 is 0.821 bits per heavy atom. The van der Waals surface area contributed by atoms with Gasteiger partial charge in [-0.2, -0.15) is 0 Å². The molecule has 0 bridgehead atoms. The van der Waals surface area contributed by atoms with E-state index in [-0.39, 0.29) is 0 Å². The minimum atomic E-state index is 1.11. The predicted octanol–water partition coefficient (Wildman–Crippen LogP) is 15.0. The van der Waals surface area contributed by atoms with Crippen molar-refractivity contribution in [2.75, 3.05) is 4.90 Å². The molecule has 0 amide bonds. The first-order chi connectivity index (χ1) is 27.7. The largest absolute Gasteiger partial charge is 0.310 e. The fraction of sp³-hybridized carbons (Fsp3) is 0. The molecule has 0 atom stereocenters. The van der Waals surface area contributed by atoms with E-state index in [1.807, 2.05) is 0 Å². The number of anilines is 3. The van der Waals surface area contributed by atoms with Crippen LogP contribution in [0, 0.1) is 0 Å². The van der Waals surface area contributed by atoms with Gasteiger partial charge in [0.1, 0.15) is 0 Å². The molecule has 0 saturated carbocycles. The topological polar surface area (TPSA) is 8.17 Å². The van der Waals surface area contributed by atoms with Crippen molar-refractivity contribution in [2.45, 2.75) is 0 Å². The van der Waals surface area contributed by atoms with Crippen LogP contribution >= 0.6 is 0 Å². The van der Waals surface area contributed by atoms with Crippen molar-refractivity contribution in [1.29, 1.82) is 0 Å². The summed E-state index contributed by atoms with van der Waals surface area (Å²) in [7, 11) is 0. The second-order valence-electron chi connectivity index (χ2n) is 14.6. The van der Waals surface area contributed by atoms with E-state index in [1.165, 1.54) is 76.4 Å². The molecule has 0 aliphatic heterocycles. The van der Waals surface area contributed by atoms with Gasteiger partial charge in [0.25, 0.3) is 0 Å². The fourth-order valence-electron chi connectivity index (χ4n) is 8.55. The second-order valence-corrected chi connectivity index (χ2v) is 14.6. The van der Waals surface area contributed by atoms with Crippen LogP contribution in [0.5, 0.6) is 0 Å². The van der Waals surface area contributed by atoms with Gasteiger partial charge in [-0.25, -0.2) is 0 Å². The van der Waals surface area contributed by atoms with E-state index in [2.05, 4.69) is 228 Å². The van der Waals surface area contributed by atoms with Crippen LogP contribution in [0.2, 0.25) is 0 Å². The number of aromatic nitrogens is 1. The number of hydrogen-bond donors (Lipinski definition) is 0. The first kappa shape index (κ1) is 32.0. The van der Waals surface area contributed by atoms with Gasteiger partial charge in [0.2, 0.25) is 0 Å². The van der Waals surface area contributed by atoms with Crippen molar-refractivity contribution >= 4 is 71.2 Å². The molecular formula is C54H36N2. The molecule has 1 aromatic heterocycles.